The van der Waals surface area contributed by atoms with E-state index in [4.69, 9.17) is 0 Å². The van der Waals surface area contributed by atoms with E-state index in [1.807, 2.05) is 0 Å². The van der Waals surface area contributed by atoms with Gasteiger partial charge in [-0.3, -0.25) is 4.39 Å². The van der Waals surface area contributed by atoms with Crippen LogP contribution in [0, 0.1) is 14.3 Å². The molecule has 0 aromatic heterocycles. The van der Waals surface area contributed by atoms with Gasteiger partial charge >= 0.3 is 263 Å². The fourth-order valence-electron chi connectivity index (χ4n) is 2.90. The van der Waals surface area contributed by atoms with Gasteiger partial charge in [0.05, 0.1) is 7.18 Å². The van der Waals surface area contributed by atoms with Gasteiger partial charge in [-0.15, -0.1) is 0 Å². The summed E-state index contributed by atoms with van der Waals surface area (Å²) in [4.78, 5) is 9.11. The van der Waals surface area contributed by atoms with E-state index < -0.39 is 0 Å². The first kappa shape index (κ1) is 35.2. The van der Waals surface area contributed by atoms with Gasteiger partial charge in [0.15, 0.2) is 0 Å². The Kier molecular flexibility index (Phi) is 22.3. The quantitative estimate of drug-likeness (QED) is 0.128. The molecule has 0 radical (unpaired) electrons. The van der Waals surface area contributed by atoms with Crippen molar-refractivity contribution in [3.63, 3.8) is 0 Å². The maximum atomic E-state index is 9.50. The Morgan fingerprint density at radius 2 is 0.658 bits per heavy atom. The number of hydrogen-bond donors (Lipinski definition) is 0. The third kappa shape index (κ3) is 15.7. The molecular formula is C33H37FI4-4. The van der Waals surface area contributed by atoms with Gasteiger partial charge in [0.25, 0.3) is 0 Å². The first-order chi connectivity index (χ1) is 18.7. The molecule has 0 atom stereocenters. The Balaban J connectivity index is 0.000000252. The molecule has 0 fully saturated rings. The first-order valence-corrected chi connectivity index (χ1v) is 24.6. The van der Waals surface area contributed by atoms with Gasteiger partial charge in [0.1, 0.15) is 0 Å². The molecule has 0 aliphatic carbocycles. The van der Waals surface area contributed by atoms with Crippen molar-refractivity contribution in [1.29, 1.82) is 0 Å². The van der Waals surface area contributed by atoms with Crippen molar-refractivity contribution in [3.05, 3.63) is 148 Å². The van der Waals surface area contributed by atoms with Gasteiger partial charge < -0.3 is 0 Å². The summed E-state index contributed by atoms with van der Waals surface area (Å²) in [6.07, 6.45) is 0. The molecule has 5 heteroatoms. The zero-order valence-corrected chi connectivity index (χ0v) is 31.2. The fraction of sp³-hybridized carbons (Fsp3) is 0.152. The Labute approximate surface area is 271 Å². The summed E-state index contributed by atoms with van der Waals surface area (Å²) in [5.74, 6) is 0. The van der Waals surface area contributed by atoms with Crippen LogP contribution in [0.25, 0.3) is 10.8 Å². The number of hydrogen-bond acceptors (Lipinski definition) is 0. The van der Waals surface area contributed by atoms with Crippen molar-refractivity contribution in [2.45, 2.75) is 0 Å². The second kappa shape index (κ2) is 24.0. The second-order valence-corrected chi connectivity index (χ2v) is 16.4. The molecule has 0 aliphatic rings. The molecule has 0 bridgehead atoms. The average Bonchev–Trinajstić information content (AvgIpc) is 3.04. The molecule has 0 amide bonds. The number of benzene rings is 5. The summed E-state index contributed by atoms with van der Waals surface area (Å²) in [6.45, 7) is 0. The van der Waals surface area contributed by atoms with Crippen molar-refractivity contribution in [2.75, 3.05) is 26.9 Å². The molecule has 0 N–H and O–H groups in total. The van der Waals surface area contributed by atoms with Crippen LogP contribution >= 0.6 is 0 Å². The maximum absolute atomic E-state index is 9.50. The van der Waals surface area contributed by atoms with Crippen LogP contribution in [0.4, 0.5) is 4.39 Å². The number of alkyl halides is 5. The molecule has 5 rings (SSSR count). The molecule has 0 saturated heterocycles. The van der Waals surface area contributed by atoms with Gasteiger partial charge in [0.2, 0.25) is 0 Å². The summed E-state index contributed by atoms with van der Waals surface area (Å²) in [5, 5.41) is 2.72. The fourth-order valence-corrected chi connectivity index (χ4v) is 7.49. The van der Waals surface area contributed by atoms with E-state index in [2.05, 4.69) is 153 Å². The van der Waals surface area contributed by atoms with Gasteiger partial charge in [-0.05, 0) is 0 Å². The average molecular weight is 960 g/mol. The van der Waals surface area contributed by atoms with Crippen LogP contribution in [-0.4, -0.2) is 26.9 Å². The number of fused-ring (bicyclic) bond motifs is 1. The second-order valence-electron chi connectivity index (χ2n) is 7.13. The van der Waals surface area contributed by atoms with Crippen LogP contribution in [-0.2, 0) is 0 Å². The minimum absolute atomic E-state index is 0.235. The summed E-state index contributed by atoms with van der Waals surface area (Å²) < 4.78 is 15.6. The standard InChI is InChI=1S/C11H10I.3C7H8I.CH3F/c1-12-11-7-6-9-4-2-3-5-10(9)8-11;3*1-8-7-5-3-2-4-6-7;1-2/h2-8H,1H3;3*2-6H,1H3;1H3/q4*-1;. The van der Waals surface area contributed by atoms with E-state index in [9.17, 15) is 4.39 Å². The SMILES string of the molecule is CF.C[I-]c1ccc2ccccc2c1.C[I-]c1ccccc1.C[I-]c1ccccc1.C[I-]c1ccccc1. The van der Waals surface area contributed by atoms with Gasteiger partial charge in [-0.1, -0.05) is 0 Å². The van der Waals surface area contributed by atoms with E-state index in [0.717, 1.165) is 0 Å². The Morgan fingerprint density at radius 1 is 0.342 bits per heavy atom. The molecule has 0 aliphatic heterocycles. The predicted molar refractivity (Wildman–Crippen MR) is 149 cm³/mol. The summed E-state index contributed by atoms with van der Waals surface area (Å²) in [5.41, 5.74) is 0. The monoisotopic (exact) mass is 960 g/mol. The predicted octanol–water partition coefficient (Wildman–Crippen LogP) is -3.96. The van der Waals surface area contributed by atoms with E-state index >= 15 is 0 Å². The normalized spacial score (nSPS) is 9.63. The molecule has 208 valence electrons. The molecule has 0 unspecified atom stereocenters. The van der Waals surface area contributed by atoms with Crippen LogP contribution < -0.4 is 84.8 Å². The number of halogens is 5. The Bertz CT molecular complexity index is 1120. The topological polar surface area (TPSA) is 0 Å². The first-order valence-electron chi connectivity index (χ1n) is 11.7. The van der Waals surface area contributed by atoms with Crippen LogP contribution in [0.5, 0.6) is 0 Å². The molecule has 0 nitrogen and oxygen atoms in total. The van der Waals surface area contributed by atoms with E-state index in [1.165, 1.54) is 25.1 Å². The van der Waals surface area contributed by atoms with Crippen molar-refractivity contribution >= 4 is 10.8 Å². The van der Waals surface area contributed by atoms with Crippen LogP contribution in [0.2, 0.25) is 0 Å². The minimum atomic E-state index is 0.235. The summed E-state index contributed by atoms with van der Waals surface area (Å²) in [7, 11) is 0.500. The van der Waals surface area contributed by atoms with Crippen molar-refractivity contribution in [3.8, 4) is 0 Å². The van der Waals surface area contributed by atoms with Crippen molar-refractivity contribution in [2.24, 2.45) is 0 Å². The molecule has 0 saturated carbocycles. The van der Waals surface area contributed by atoms with Crippen molar-refractivity contribution < 1.29 is 89.2 Å². The Morgan fingerprint density at radius 3 is 0.974 bits per heavy atom. The molecule has 5 aromatic carbocycles. The summed E-state index contributed by atoms with van der Waals surface area (Å²) in [6, 6.07) is 47.2. The van der Waals surface area contributed by atoms with Gasteiger partial charge in [0, 0.05) is 0 Å². The zero-order chi connectivity index (χ0) is 27.8. The number of rotatable bonds is 4. The molecule has 5 aromatic rings. The third-order valence-electron chi connectivity index (χ3n) is 4.78. The van der Waals surface area contributed by atoms with E-state index in [-0.39, 0.29) is 21.2 Å². The molecule has 0 spiro atoms. The molecule has 0 heterocycles. The van der Waals surface area contributed by atoms with Crippen LogP contribution in [0.3, 0.4) is 0 Å². The molecule has 38 heavy (non-hydrogen) atoms. The van der Waals surface area contributed by atoms with E-state index in [0.29, 0.717) is 70.8 Å². The van der Waals surface area contributed by atoms with Crippen LogP contribution in [0.15, 0.2) is 133 Å². The third-order valence-corrected chi connectivity index (χ3v) is 12.6. The molecular weight excluding hydrogens is 923 g/mol. The van der Waals surface area contributed by atoms with Gasteiger partial charge in [-0.25, -0.2) is 0 Å². The van der Waals surface area contributed by atoms with Crippen molar-refractivity contribution in [1.82, 2.24) is 0 Å². The van der Waals surface area contributed by atoms with E-state index in [1.54, 1.807) is 0 Å². The van der Waals surface area contributed by atoms with Gasteiger partial charge in [-0.2, -0.15) is 0 Å². The Hall–Kier alpha value is -0.790. The summed E-state index contributed by atoms with van der Waals surface area (Å²) >= 11 is 1.16. The van der Waals surface area contributed by atoms with Crippen LogP contribution in [0.1, 0.15) is 0 Å². The zero-order valence-electron chi connectivity index (χ0n) is 22.6.